The summed E-state index contributed by atoms with van der Waals surface area (Å²) in [7, 11) is 1.73. The second kappa shape index (κ2) is 6.95. The number of para-hydroxylation sites is 2. The maximum absolute atomic E-state index is 6.16. The first kappa shape index (κ1) is 15.1. The largest absolute Gasteiger partial charge is 0.495 e. The maximum atomic E-state index is 6.16. The third kappa shape index (κ3) is 3.64. The average molecular weight is 277 g/mol. The molecule has 1 saturated heterocycles. The van der Waals surface area contributed by atoms with Crippen molar-refractivity contribution < 1.29 is 4.74 Å². The van der Waals surface area contributed by atoms with Crippen LogP contribution in [0, 0.1) is 5.92 Å². The summed E-state index contributed by atoms with van der Waals surface area (Å²) in [5.74, 6) is 1.50. The molecule has 0 aromatic heterocycles. The molecule has 4 nitrogen and oxygen atoms in total. The second-order valence-corrected chi connectivity index (χ2v) is 5.87. The Morgan fingerprint density at radius 1 is 1.15 bits per heavy atom. The standard InChI is InChI=1S/C16H27N3O/c1-13(2)14(17)12-18-8-10-19(11-9-18)15-6-4-5-7-16(15)20-3/h4-7,13-14H,8-12,17H2,1-3H3. The molecule has 0 amide bonds. The van der Waals surface area contributed by atoms with Gasteiger partial charge < -0.3 is 15.4 Å². The first-order valence-corrected chi connectivity index (χ1v) is 7.47. The van der Waals surface area contributed by atoms with Gasteiger partial charge in [0.1, 0.15) is 5.75 Å². The number of anilines is 1. The van der Waals surface area contributed by atoms with E-state index in [1.165, 1.54) is 5.69 Å². The lowest BCUT2D eigenvalue weighted by atomic mass is 10.0. The highest BCUT2D eigenvalue weighted by Crippen LogP contribution is 2.28. The van der Waals surface area contributed by atoms with E-state index in [4.69, 9.17) is 10.5 Å². The van der Waals surface area contributed by atoms with Crippen LogP contribution in [-0.2, 0) is 0 Å². The molecule has 0 aliphatic carbocycles. The molecule has 0 bridgehead atoms. The number of methoxy groups -OCH3 is 1. The fraction of sp³-hybridized carbons (Fsp3) is 0.625. The zero-order chi connectivity index (χ0) is 14.5. The molecule has 2 N–H and O–H groups in total. The van der Waals surface area contributed by atoms with Gasteiger partial charge in [0.2, 0.25) is 0 Å². The smallest absolute Gasteiger partial charge is 0.142 e. The Hall–Kier alpha value is -1.26. The van der Waals surface area contributed by atoms with Crippen molar-refractivity contribution >= 4 is 5.69 Å². The Labute approximate surface area is 122 Å². The van der Waals surface area contributed by atoms with Crippen molar-refractivity contribution in [3.8, 4) is 5.75 Å². The van der Waals surface area contributed by atoms with Crippen LogP contribution in [0.4, 0.5) is 5.69 Å². The summed E-state index contributed by atoms with van der Waals surface area (Å²) >= 11 is 0. The highest BCUT2D eigenvalue weighted by atomic mass is 16.5. The highest BCUT2D eigenvalue weighted by molar-refractivity contribution is 5.58. The van der Waals surface area contributed by atoms with Crippen LogP contribution in [-0.4, -0.2) is 50.8 Å². The van der Waals surface area contributed by atoms with Crippen LogP contribution in [0.5, 0.6) is 5.75 Å². The third-order valence-electron chi connectivity index (χ3n) is 4.12. The number of rotatable bonds is 5. The Balaban J connectivity index is 1.91. The van der Waals surface area contributed by atoms with E-state index in [9.17, 15) is 0 Å². The predicted octanol–water partition coefficient (Wildman–Crippen LogP) is 1.80. The molecular formula is C16H27N3O. The zero-order valence-electron chi connectivity index (χ0n) is 12.9. The minimum absolute atomic E-state index is 0.271. The van der Waals surface area contributed by atoms with Gasteiger partial charge in [0, 0.05) is 38.8 Å². The Bertz CT molecular complexity index is 414. The Morgan fingerprint density at radius 2 is 1.80 bits per heavy atom. The molecule has 4 heteroatoms. The molecule has 1 aliphatic heterocycles. The first-order chi connectivity index (χ1) is 9.61. The summed E-state index contributed by atoms with van der Waals surface area (Å²) < 4.78 is 5.45. The van der Waals surface area contributed by atoms with E-state index in [0.29, 0.717) is 5.92 Å². The van der Waals surface area contributed by atoms with Crippen LogP contribution < -0.4 is 15.4 Å². The maximum Gasteiger partial charge on any atom is 0.142 e. The molecule has 0 saturated carbocycles. The number of hydrogen-bond acceptors (Lipinski definition) is 4. The van der Waals surface area contributed by atoms with E-state index in [2.05, 4.69) is 35.8 Å². The fourth-order valence-corrected chi connectivity index (χ4v) is 2.57. The molecule has 1 fully saturated rings. The Morgan fingerprint density at radius 3 is 2.40 bits per heavy atom. The molecule has 1 atom stereocenters. The SMILES string of the molecule is COc1ccccc1N1CCN(CC(N)C(C)C)CC1. The van der Waals surface area contributed by atoms with Crippen molar-refractivity contribution in [3.63, 3.8) is 0 Å². The zero-order valence-corrected chi connectivity index (χ0v) is 12.9. The summed E-state index contributed by atoms with van der Waals surface area (Å²) in [6.45, 7) is 9.58. The number of nitrogens with zero attached hydrogens (tertiary/aromatic N) is 2. The van der Waals surface area contributed by atoms with E-state index in [1.807, 2.05) is 12.1 Å². The van der Waals surface area contributed by atoms with Crippen LogP contribution in [0.2, 0.25) is 0 Å². The summed E-state index contributed by atoms with van der Waals surface area (Å²) in [6.07, 6.45) is 0. The topological polar surface area (TPSA) is 41.7 Å². The van der Waals surface area contributed by atoms with Crippen molar-refractivity contribution in [1.29, 1.82) is 0 Å². The molecule has 1 heterocycles. The van der Waals surface area contributed by atoms with Gasteiger partial charge in [-0.25, -0.2) is 0 Å². The minimum Gasteiger partial charge on any atom is -0.495 e. The molecular weight excluding hydrogens is 250 g/mol. The monoisotopic (exact) mass is 277 g/mol. The van der Waals surface area contributed by atoms with Crippen molar-refractivity contribution in [2.75, 3.05) is 44.7 Å². The predicted molar refractivity (Wildman–Crippen MR) is 84.5 cm³/mol. The summed E-state index contributed by atoms with van der Waals surface area (Å²) in [4.78, 5) is 4.87. The molecule has 1 aromatic rings. The lowest BCUT2D eigenvalue weighted by Gasteiger charge is -2.38. The van der Waals surface area contributed by atoms with Gasteiger partial charge in [0.25, 0.3) is 0 Å². The molecule has 1 aliphatic rings. The normalized spacial score (nSPS) is 18.4. The molecule has 1 aromatic carbocycles. The second-order valence-electron chi connectivity index (χ2n) is 5.87. The van der Waals surface area contributed by atoms with Crippen molar-refractivity contribution in [2.45, 2.75) is 19.9 Å². The van der Waals surface area contributed by atoms with Crippen molar-refractivity contribution in [1.82, 2.24) is 4.90 Å². The summed E-state index contributed by atoms with van der Waals surface area (Å²) in [6, 6.07) is 8.51. The van der Waals surface area contributed by atoms with E-state index in [-0.39, 0.29) is 6.04 Å². The van der Waals surface area contributed by atoms with Gasteiger partial charge in [-0.1, -0.05) is 26.0 Å². The molecule has 112 valence electrons. The lowest BCUT2D eigenvalue weighted by Crippen LogP contribution is -2.50. The van der Waals surface area contributed by atoms with E-state index < -0.39 is 0 Å². The minimum atomic E-state index is 0.271. The van der Waals surface area contributed by atoms with Gasteiger partial charge in [-0.15, -0.1) is 0 Å². The van der Waals surface area contributed by atoms with E-state index >= 15 is 0 Å². The van der Waals surface area contributed by atoms with Crippen LogP contribution in [0.1, 0.15) is 13.8 Å². The first-order valence-electron chi connectivity index (χ1n) is 7.47. The third-order valence-corrected chi connectivity index (χ3v) is 4.12. The van der Waals surface area contributed by atoms with E-state index in [0.717, 1.165) is 38.5 Å². The lowest BCUT2D eigenvalue weighted by molar-refractivity contribution is 0.225. The molecule has 2 rings (SSSR count). The van der Waals surface area contributed by atoms with Gasteiger partial charge in [-0.2, -0.15) is 0 Å². The number of piperazine rings is 1. The van der Waals surface area contributed by atoms with Crippen LogP contribution >= 0.6 is 0 Å². The molecule has 0 spiro atoms. The average Bonchev–Trinajstić information content (AvgIpc) is 2.48. The van der Waals surface area contributed by atoms with Gasteiger partial charge in [0.15, 0.2) is 0 Å². The van der Waals surface area contributed by atoms with Crippen LogP contribution in [0.15, 0.2) is 24.3 Å². The quantitative estimate of drug-likeness (QED) is 0.891. The number of nitrogens with two attached hydrogens (primary N) is 1. The van der Waals surface area contributed by atoms with Gasteiger partial charge in [-0.3, -0.25) is 4.90 Å². The number of benzene rings is 1. The van der Waals surface area contributed by atoms with E-state index in [1.54, 1.807) is 7.11 Å². The van der Waals surface area contributed by atoms with Crippen molar-refractivity contribution in [2.24, 2.45) is 11.7 Å². The van der Waals surface area contributed by atoms with Crippen LogP contribution in [0.25, 0.3) is 0 Å². The number of ether oxygens (including phenoxy) is 1. The van der Waals surface area contributed by atoms with Gasteiger partial charge >= 0.3 is 0 Å². The van der Waals surface area contributed by atoms with Gasteiger partial charge in [-0.05, 0) is 18.1 Å². The summed E-state index contributed by atoms with van der Waals surface area (Å²) in [5, 5.41) is 0. The van der Waals surface area contributed by atoms with Crippen molar-refractivity contribution in [3.05, 3.63) is 24.3 Å². The molecule has 1 unspecified atom stereocenters. The summed E-state index contributed by atoms with van der Waals surface area (Å²) in [5.41, 5.74) is 7.36. The molecule has 0 radical (unpaired) electrons. The molecule has 20 heavy (non-hydrogen) atoms. The highest BCUT2D eigenvalue weighted by Gasteiger charge is 2.21. The number of hydrogen-bond donors (Lipinski definition) is 1. The Kier molecular flexibility index (Phi) is 5.26. The fourth-order valence-electron chi connectivity index (χ4n) is 2.57. The van der Waals surface area contributed by atoms with Gasteiger partial charge in [0.05, 0.1) is 12.8 Å². The van der Waals surface area contributed by atoms with Crippen LogP contribution in [0.3, 0.4) is 0 Å².